The molecule has 14 heavy (non-hydrogen) atoms. The van der Waals surface area contributed by atoms with Crippen molar-refractivity contribution in [3.05, 3.63) is 41.2 Å². The van der Waals surface area contributed by atoms with Crippen LogP contribution in [0, 0.1) is 12.7 Å². The summed E-state index contributed by atoms with van der Waals surface area (Å²) in [4.78, 5) is 10.0. The number of carbonyl (C=O) groups is 1. The lowest BCUT2D eigenvalue weighted by Gasteiger charge is -1.97. The first-order valence-electron chi connectivity index (χ1n) is 4.60. The van der Waals surface area contributed by atoms with Gasteiger partial charge in [0, 0.05) is 6.42 Å². The molecule has 1 aromatic carbocycles. The van der Waals surface area contributed by atoms with Crippen LogP contribution in [-0.4, -0.2) is 6.29 Å². The highest BCUT2D eigenvalue weighted by molar-refractivity contribution is 5.53. The van der Waals surface area contributed by atoms with Gasteiger partial charge in [0.05, 0.1) is 0 Å². The molecule has 0 saturated heterocycles. The molecule has 0 saturated carbocycles. The van der Waals surface area contributed by atoms with Gasteiger partial charge in [-0.25, -0.2) is 4.39 Å². The molecule has 0 unspecified atom stereocenters. The Morgan fingerprint density at radius 2 is 2.14 bits per heavy atom. The van der Waals surface area contributed by atoms with E-state index < -0.39 is 0 Å². The Bertz CT molecular complexity index is 342. The van der Waals surface area contributed by atoms with Crippen LogP contribution in [0.4, 0.5) is 4.39 Å². The summed E-state index contributed by atoms with van der Waals surface area (Å²) in [7, 11) is 0. The van der Waals surface area contributed by atoms with Crippen LogP contribution in [0.5, 0.6) is 0 Å². The van der Waals surface area contributed by atoms with Gasteiger partial charge in [-0.3, -0.25) is 0 Å². The summed E-state index contributed by atoms with van der Waals surface area (Å²) in [6.07, 6.45) is 5.98. The van der Waals surface area contributed by atoms with E-state index in [1.54, 1.807) is 19.1 Å². The summed E-state index contributed by atoms with van der Waals surface area (Å²) in [5, 5.41) is 0. The second-order valence-electron chi connectivity index (χ2n) is 3.16. The normalized spacial score (nSPS) is 10.7. The van der Waals surface area contributed by atoms with E-state index in [-0.39, 0.29) is 5.82 Å². The van der Waals surface area contributed by atoms with Crippen molar-refractivity contribution in [2.75, 3.05) is 0 Å². The van der Waals surface area contributed by atoms with Crippen molar-refractivity contribution in [3.8, 4) is 0 Å². The van der Waals surface area contributed by atoms with Gasteiger partial charge in [0.25, 0.3) is 0 Å². The van der Waals surface area contributed by atoms with Crippen LogP contribution >= 0.6 is 0 Å². The van der Waals surface area contributed by atoms with Crippen molar-refractivity contribution < 1.29 is 9.18 Å². The zero-order valence-electron chi connectivity index (χ0n) is 8.16. The summed E-state index contributed by atoms with van der Waals surface area (Å²) >= 11 is 0. The molecule has 2 heteroatoms. The molecule has 0 bridgehead atoms. The molecule has 0 aliphatic heterocycles. The van der Waals surface area contributed by atoms with Crippen LogP contribution in [0.3, 0.4) is 0 Å². The van der Waals surface area contributed by atoms with E-state index in [0.717, 1.165) is 18.3 Å². The highest BCUT2D eigenvalue weighted by Gasteiger charge is 1.95. The van der Waals surface area contributed by atoms with E-state index in [9.17, 15) is 9.18 Å². The fraction of sp³-hybridized carbons (Fsp3) is 0.250. The number of aryl methyl sites for hydroxylation is 1. The molecule has 1 nitrogen and oxygen atoms in total. The van der Waals surface area contributed by atoms with Crippen molar-refractivity contribution in [2.45, 2.75) is 19.8 Å². The third-order valence-corrected chi connectivity index (χ3v) is 1.94. The van der Waals surface area contributed by atoms with Gasteiger partial charge in [-0.05, 0) is 36.6 Å². The predicted octanol–water partition coefficient (Wildman–Crippen LogP) is 3.13. The maximum absolute atomic E-state index is 12.9. The minimum atomic E-state index is -0.185. The molecular formula is C12H13FO. The first kappa shape index (κ1) is 10.6. The molecule has 0 atom stereocenters. The fourth-order valence-corrected chi connectivity index (χ4v) is 1.16. The summed E-state index contributed by atoms with van der Waals surface area (Å²) in [5.74, 6) is -0.185. The molecule has 0 N–H and O–H groups in total. The molecule has 0 spiro atoms. The maximum Gasteiger partial charge on any atom is 0.126 e. The predicted molar refractivity (Wildman–Crippen MR) is 55.5 cm³/mol. The van der Waals surface area contributed by atoms with Crippen LogP contribution in [0.2, 0.25) is 0 Å². The Morgan fingerprint density at radius 1 is 1.36 bits per heavy atom. The lowest BCUT2D eigenvalue weighted by molar-refractivity contribution is -0.107. The van der Waals surface area contributed by atoms with Gasteiger partial charge in [0.2, 0.25) is 0 Å². The molecule has 0 aliphatic carbocycles. The number of benzene rings is 1. The zero-order chi connectivity index (χ0) is 10.4. The molecule has 0 fully saturated rings. The fourth-order valence-electron chi connectivity index (χ4n) is 1.16. The summed E-state index contributed by atoms with van der Waals surface area (Å²) < 4.78 is 12.9. The lowest BCUT2D eigenvalue weighted by atomic mass is 10.1. The summed E-state index contributed by atoms with van der Waals surface area (Å²) in [5.41, 5.74) is 1.61. The minimum Gasteiger partial charge on any atom is -0.303 e. The minimum absolute atomic E-state index is 0.185. The summed E-state index contributed by atoms with van der Waals surface area (Å²) in [6.45, 7) is 1.73. The van der Waals surface area contributed by atoms with Crippen LogP contribution in [0.15, 0.2) is 24.3 Å². The number of aldehydes is 1. The first-order valence-corrected chi connectivity index (χ1v) is 4.60. The third-order valence-electron chi connectivity index (χ3n) is 1.94. The molecule has 0 aromatic heterocycles. The average Bonchev–Trinajstić information content (AvgIpc) is 2.18. The Hall–Kier alpha value is -1.44. The Balaban J connectivity index is 2.63. The van der Waals surface area contributed by atoms with Gasteiger partial charge in [0.1, 0.15) is 12.1 Å². The topological polar surface area (TPSA) is 17.1 Å². The number of allylic oxidation sites excluding steroid dienone is 1. The number of halogens is 1. The standard InChI is InChI=1S/C12H13FO/c1-10-9-11(6-7-12(10)13)5-3-2-4-8-14/h3,5-9H,2,4H2,1H3. The average molecular weight is 192 g/mol. The molecule has 0 aliphatic rings. The number of carbonyl (C=O) groups excluding carboxylic acids is 1. The van der Waals surface area contributed by atoms with Crippen LogP contribution in [0.1, 0.15) is 24.0 Å². The molecule has 74 valence electrons. The van der Waals surface area contributed by atoms with Crippen LogP contribution in [0.25, 0.3) is 6.08 Å². The lowest BCUT2D eigenvalue weighted by Crippen LogP contribution is -1.82. The molecule has 1 rings (SSSR count). The number of hydrogen-bond donors (Lipinski definition) is 0. The molecular weight excluding hydrogens is 179 g/mol. The van der Waals surface area contributed by atoms with Gasteiger partial charge >= 0.3 is 0 Å². The number of unbranched alkanes of at least 4 members (excludes halogenated alkanes) is 1. The van der Waals surface area contributed by atoms with Crippen LogP contribution in [-0.2, 0) is 4.79 Å². The monoisotopic (exact) mass is 192 g/mol. The number of hydrogen-bond acceptors (Lipinski definition) is 1. The van der Waals surface area contributed by atoms with E-state index in [2.05, 4.69) is 0 Å². The van der Waals surface area contributed by atoms with Crippen molar-refractivity contribution in [2.24, 2.45) is 0 Å². The van der Waals surface area contributed by atoms with Gasteiger partial charge in [-0.2, -0.15) is 0 Å². The second-order valence-corrected chi connectivity index (χ2v) is 3.16. The van der Waals surface area contributed by atoms with Crippen molar-refractivity contribution >= 4 is 12.4 Å². The molecule has 1 aromatic rings. The summed E-state index contributed by atoms with van der Waals surface area (Å²) in [6, 6.07) is 4.96. The smallest absolute Gasteiger partial charge is 0.126 e. The molecule has 0 heterocycles. The molecule has 0 radical (unpaired) electrons. The van der Waals surface area contributed by atoms with E-state index in [4.69, 9.17) is 0 Å². The number of rotatable bonds is 4. The quantitative estimate of drug-likeness (QED) is 0.529. The van der Waals surface area contributed by atoms with Crippen LogP contribution < -0.4 is 0 Å². The second kappa shape index (κ2) is 5.32. The largest absolute Gasteiger partial charge is 0.303 e. The Labute approximate surface area is 83.3 Å². The highest BCUT2D eigenvalue weighted by atomic mass is 19.1. The van der Waals surface area contributed by atoms with Gasteiger partial charge < -0.3 is 4.79 Å². The van der Waals surface area contributed by atoms with Crippen molar-refractivity contribution in [1.29, 1.82) is 0 Å². The van der Waals surface area contributed by atoms with Gasteiger partial charge in [-0.1, -0.05) is 18.2 Å². The first-order chi connectivity index (χ1) is 6.74. The van der Waals surface area contributed by atoms with E-state index >= 15 is 0 Å². The van der Waals surface area contributed by atoms with Crippen molar-refractivity contribution in [3.63, 3.8) is 0 Å². The maximum atomic E-state index is 12.9. The molecule has 0 amide bonds. The Morgan fingerprint density at radius 3 is 2.79 bits per heavy atom. The van der Waals surface area contributed by atoms with Gasteiger partial charge in [0.15, 0.2) is 0 Å². The zero-order valence-corrected chi connectivity index (χ0v) is 8.16. The van der Waals surface area contributed by atoms with E-state index in [0.29, 0.717) is 12.0 Å². The van der Waals surface area contributed by atoms with E-state index in [1.807, 2.05) is 12.2 Å². The van der Waals surface area contributed by atoms with Crippen molar-refractivity contribution in [1.82, 2.24) is 0 Å². The van der Waals surface area contributed by atoms with Gasteiger partial charge in [-0.15, -0.1) is 0 Å². The highest BCUT2D eigenvalue weighted by Crippen LogP contribution is 2.10. The Kier molecular flexibility index (Phi) is 4.05. The van der Waals surface area contributed by atoms with E-state index in [1.165, 1.54) is 6.07 Å². The SMILES string of the molecule is Cc1cc(C=CCCC=O)ccc1F. The third kappa shape index (κ3) is 3.13.